The summed E-state index contributed by atoms with van der Waals surface area (Å²) in [6, 6.07) is 0. The highest BCUT2D eigenvalue weighted by Crippen LogP contribution is 2.30. The lowest BCUT2D eigenvalue weighted by Gasteiger charge is -2.36. The van der Waals surface area contributed by atoms with E-state index in [1.54, 1.807) is 0 Å². The average molecular weight is 311 g/mol. The zero-order chi connectivity index (χ0) is 16.4. The lowest BCUT2D eigenvalue weighted by molar-refractivity contribution is -0.0831. The lowest BCUT2D eigenvalue weighted by Crippen LogP contribution is -2.51. The zero-order valence-corrected chi connectivity index (χ0v) is 15.3. The number of hydrogen-bond donors (Lipinski definition) is 1. The van der Waals surface area contributed by atoms with Crippen LogP contribution in [-0.4, -0.2) is 29.9 Å². The highest BCUT2D eigenvalue weighted by molar-refractivity contribution is 4.96. The van der Waals surface area contributed by atoms with Crippen molar-refractivity contribution >= 4 is 0 Å². The number of rotatable bonds is 11. The van der Waals surface area contributed by atoms with E-state index in [-0.39, 0.29) is 11.9 Å². The summed E-state index contributed by atoms with van der Waals surface area (Å²) in [4.78, 5) is 2.33. The number of nitrogens with two attached hydrogens (primary N) is 1. The van der Waals surface area contributed by atoms with Gasteiger partial charge >= 0.3 is 0 Å². The molecule has 0 aromatic carbocycles. The molecule has 1 heterocycles. The van der Waals surface area contributed by atoms with Gasteiger partial charge in [-0.15, -0.1) is 0 Å². The standard InChI is InChI=1S/C19H38N2O/c1-5-6-7-11-14-19(4)21(15-16-22-19)18(20)13-10-8-9-12-17(2)3/h10,13,17-18H,5-9,11-12,14-16,20H2,1-4H3. The van der Waals surface area contributed by atoms with Gasteiger partial charge in [-0.2, -0.15) is 0 Å². The molecule has 0 saturated carbocycles. The molecule has 2 atom stereocenters. The van der Waals surface area contributed by atoms with Crippen molar-refractivity contribution in [2.75, 3.05) is 13.2 Å². The first-order chi connectivity index (χ1) is 10.5. The average Bonchev–Trinajstić information content (AvgIpc) is 2.85. The van der Waals surface area contributed by atoms with Crippen molar-refractivity contribution in [3.8, 4) is 0 Å². The van der Waals surface area contributed by atoms with E-state index in [9.17, 15) is 0 Å². The van der Waals surface area contributed by atoms with Crippen molar-refractivity contribution in [3.63, 3.8) is 0 Å². The zero-order valence-electron chi connectivity index (χ0n) is 15.3. The van der Waals surface area contributed by atoms with E-state index < -0.39 is 0 Å². The Bertz CT molecular complexity index is 317. The molecule has 0 spiro atoms. The van der Waals surface area contributed by atoms with Crippen LogP contribution in [0.3, 0.4) is 0 Å². The summed E-state index contributed by atoms with van der Waals surface area (Å²) in [7, 11) is 0. The van der Waals surface area contributed by atoms with Crippen molar-refractivity contribution in [2.24, 2.45) is 11.7 Å². The highest BCUT2D eigenvalue weighted by Gasteiger charge is 2.39. The predicted octanol–water partition coefficient (Wildman–Crippen LogP) is 4.67. The third-order valence-electron chi connectivity index (χ3n) is 4.69. The summed E-state index contributed by atoms with van der Waals surface area (Å²) in [5, 5.41) is 0. The molecule has 1 aliphatic heterocycles. The number of nitrogens with zero attached hydrogens (tertiary/aromatic N) is 1. The topological polar surface area (TPSA) is 38.5 Å². The van der Waals surface area contributed by atoms with Crippen LogP contribution in [-0.2, 0) is 4.74 Å². The lowest BCUT2D eigenvalue weighted by atomic mass is 10.0. The van der Waals surface area contributed by atoms with Crippen LogP contribution in [0.2, 0.25) is 0 Å². The van der Waals surface area contributed by atoms with Gasteiger partial charge in [0.1, 0.15) is 5.72 Å². The van der Waals surface area contributed by atoms with Gasteiger partial charge in [-0.1, -0.05) is 58.6 Å². The van der Waals surface area contributed by atoms with Gasteiger partial charge < -0.3 is 10.5 Å². The van der Waals surface area contributed by atoms with E-state index in [2.05, 4.69) is 44.7 Å². The van der Waals surface area contributed by atoms with E-state index in [4.69, 9.17) is 10.5 Å². The van der Waals surface area contributed by atoms with E-state index in [1.165, 1.54) is 38.5 Å². The summed E-state index contributed by atoms with van der Waals surface area (Å²) in [5.74, 6) is 0.792. The Kier molecular flexibility index (Phi) is 9.30. The fourth-order valence-corrected chi connectivity index (χ4v) is 3.23. The van der Waals surface area contributed by atoms with E-state index in [1.807, 2.05) is 0 Å². The van der Waals surface area contributed by atoms with Gasteiger partial charge in [-0.25, -0.2) is 0 Å². The van der Waals surface area contributed by atoms with Crippen LogP contribution in [0.5, 0.6) is 0 Å². The summed E-state index contributed by atoms with van der Waals surface area (Å²) < 4.78 is 6.03. The molecule has 3 nitrogen and oxygen atoms in total. The van der Waals surface area contributed by atoms with Gasteiger partial charge in [0.2, 0.25) is 0 Å². The second kappa shape index (κ2) is 10.4. The van der Waals surface area contributed by atoms with Gasteiger partial charge in [-0.05, 0) is 38.5 Å². The largest absolute Gasteiger partial charge is 0.359 e. The first-order valence-corrected chi connectivity index (χ1v) is 9.32. The number of unbranched alkanes of at least 4 members (excludes halogenated alkanes) is 4. The molecule has 1 aliphatic rings. The molecule has 0 radical (unpaired) electrons. The van der Waals surface area contributed by atoms with E-state index >= 15 is 0 Å². The van der Waals surface area contributed by atoms with Crippen molar-refractivity contribution in [3.05, 3.63) is 12.2 Å². The molecule has 22 heavy (non-hydrogen) atoms. The highest BCUT2D eigenvalue weighted by atomic mass is 16.5. The van der Waals surface area contributed by atoms with Gasteiger partial charge in [0.25, 0.3) is 0 Å². The Hall–Kier alpha value is -0.380. The minimum absolute atomic E-state index is 0.0160. The molecule has 1 rings (SSSR count). The molecule has 1 fully saturated rings. The summed E-state index contributed by atoms with van der Waals surface area (Å²) >= 11 is 0. The van der Waals surface area contributed by atoms with Crippen LogP contribution in [0.4, 0.5) is 0 Å². The van der Waals surface area contributed by atoms with Gasteiger partial charge in [-0.3, -0.25) is 4.90 Å². The smallest absolute Gasteiger partial charge is 0.120 e. The fraction of sp³-hybridized carbons (Fsp3) is 0.895. The van der Waals surface area contributed by atoms with Crippen molar-refractivity contribution in [1.82, 2.24) is 4.90 Å². The molecule has 2 N–H and O–H groups in total. The van der Waals surface area contributed by atoms with Crippen LogP contribution in [0.1, 0.15) is 79.1 Å². The second-order valence-electron chi connectivity index (χ2n) is 7.27. The van der Waals surface area contributed by atoms with Gasteiger partial charge in [0.05, 0.1) is 12.8 Å². The number of ether oxygens (including phenoxy) is 1. The summed E-state index contributed by atoms with van der Waals surface area (Å²) in [6.45, 7) is 10.8. The molecule has 0 aliphatic carbocycles. The van der Waals surface area contributed by atoms with Crippen molar-refractivity contribution in [1.29, 1.82) is 0 Å². The SMILES string of the molecule is CCCCCCC1(C)OCCN1C(N)C=CCCCC(C)C. The Balaban J connectivity index is 2.38. The number of allylic oxidation sites excluding steroid dienone is 1. The third kappa shape index (κ3) is 6.80. The Morgan fingerprint density at radius 3 is 2.68 bits per heavy atom. The molecule has 0 aromatic rings. The van der Waals surface area contributed by atoms with Gasteiger partial charge in [0, 0.05) is 6.54 Å². The molecule has 0 aromatic heterocycles. The maximum absolute atomic E-state index is 6.39. The van der Waals surface area contributed by atoms with E-state index in [0.717, 1.165) is 31.9 Å². The van der Waals surface area contributed by atoms with E-state index in [0.29, 0.717) is 0 Å². The molecule has 0 amide bonds. The first-order valence-electron chi connectivity index (χ1n) is 9.32. The van der Waals surface area contributed by atoms with Crippen molar-refractivity contribution in [2.45, 2.75) is 91.0 Å². The Labute approximate surface area is 138 Å². The normalized spacial score (nSPS) is 24.6. The minimum Gasteiger partial charge on any atom is -0.359 e. The third-order valence-corrected chi connectivity index (χ3v) is 4.69. The fourth-order valence-electron chi connectivity index (χ4n) is 3.23. The van der Waals surface area contributed by atoms with Crippen LogP contribution >= 0.6 is 0 Å². The molecule has 2 unspecified atom stereocenters. The molecular formula is C19H38N2O. The minimum atomic E-state index is -0.171. The molecule has 3 heteroatoms. The quantitative estimate of drug-likeness (QED) is 0.445. The Morgan fingerprint density at radius 2 is 2.00 bits per heavy atom. The van der Waals surface area contributed by atoms with Crippen LogP contribution < -0.4 is 5.73 Å². The van der Waals surface area contributed by atoms with Crippen LogP contribution in [0.25, 0.3) is 0 Å². The summed E-state index contributed by atoms with van der Waals surface area (Å²) in [6.07, 6.45) is 14.3. The monoisotopic (exact) mass is 310 g/mol. The number of hydrogen-bond acceptors (Lipinski definition) is 3. The summed E-state index contributed by atoms with van der Waals surface area (Å²) in [5.41, 5.74) is 6.21. The van der Waals surface area contributed by atoms with Gasteiger partial charge in [0.15, 0.2) is 0 Å². The Morgan fingerprint density at radius 1 is 1.23 bits per heavy atom. The maximum Gasteiger partial charge on any atom is 0.120 e. The second-order valence-corrected chi connectivity index (χ2v) is 7.27. The maximum atomic E-state index is 6.39. The predicted molar refractivity (Wildman–Crippen MR) is 95.6 cm³/mol. The molecule has 1 saturated heterocycles. The molecule has 130 valence electrons. The van der Waals surface area contributed by atoms with Crippen LogP contribution in [0, 0.1) is 5.92 Å². The van der Waals surface area contributed by atoms with Crippen molar-refractivity contribution < 1.29 is 4.74 Å². The molecular weight excluding hydrogens is 272 g/mol. The molecule has 0 bridgehead atoms. The first kappa shape index (κ1) is 19.7. The van der Waals surface area contributed by atoms with Crippen LogP contribution in [0.15, 0.2) is 12.2 Å².